The summed E-state index contributed by atoms with van der Waals surface area (Å²) >= 11 is 0. The number of ether oxygens (including phenoxy) is 1. The summed E-state index contributed by atoms with van der Waals surface area (Å²) in [4.78, 5) is 14.2. The van der Waals surface area contributed by atoms with Crippen molar-refractivity contribution >= 4 is 6.09 Å². The zero-order chi connectivity index (χ0) is 18.4. The fraction of sp³-hybridized carbons (Fsp3) is 0.579. The number of hydrogen-bond acceptors (Lipinski definition) is 4. The van der Waals surface area contributed by atoms with Gasteiger partial charge in [-0.3, -0.25) is 0 Å². The molecule has 0 saturated carbocycles. The number of benzene rings is 1. The Labute approximate surface area is 147 Å². The number of nitrogens with zero attached hydrogens (tertiary/aromatic N) is 2. The average molecular weight is 346 g/mol. The van der Waals surface area contributed by atoms with Gasteiger partial charge in [0.2, 0.25) is 0 Å². The van der Waals surface area contributed by atoms with E-state index < -0.39 is 17.0 Å². The van der Waals surface area contributed by atoms with Crippen molar-refractivity contribution in [2.45, 2.75) is 69.7 Å². The fourth-order valence-corrected chi connectivity index (χ4v) is 4.07. The molecule has 5 nitrogen and oxygen atoms in total. The fourth-order valence-electron chi connectivity index (χ4n) is 4.07. The topological polar surface area (TPSA) is 73.6 Å². The molecule has 6 heteroatoms. The maximum atomic E-state index is 13.4. The first-order valence-corrected chi connectivity index (χ1v) is 8.57. The SMILES string of the molecule is CC(C)(C)OC(=O)N1C2CCC1CC(O)(c1ccc(F)cc1C#N)C2. The van der Waals surface area contributed by atoms with Gasteiger partial charge in [0.1, 0.15) is 11.4 Å². The Balaban J connectivity index is 1.86. The van der Waals surface area contributed by atoms with Crippen LogP contribution in [-0.2, 0) is 10.3 Å². The summed E-state index contributed by atoms with van der Waals surface area (Å²) in [5.41, 5.74) is -1.22. The summed E-state index contributed by atoms with van der Waals surface area (Å²) in [5.74, 6) is -0.502. The minimum Gasteiger partial charge on any atom is -0.444 e. The molecule has 0 aromatic heterocycles. The molecule has 0 aliphatic carbocycles. The molecule has 0 radical (unpaired) electrons. The summed E-state index contributed by atoms with van der Waals surface area (Å²) in [6.07, 6.45) is 1.86. The molecule has 2 saturated heterocycles. The van der Waals surface area contributed by atoms with Crippen LogP contribution in [0, 0.1) is 17.1 Å². The lowest BCUT2D eigenvalue weighted by molar-refractivity contribution is -0.0625. The van der Waals surface area contributed by atoms with Gasteiger partial charge in [0.05, 0.1) is 17.2 Å². The lowest BCUT2D eigenvalue weighted by Crippen LogP contribution is -2.53. The van der Waals surface area contributed by atoms with Crippen molar-refractivity contribution in [3.05, 3.63) is 35.1 Å². The molecule has 0 spiro atoms. The molecule has 2 fully saturated rings. The smallest absolute Gasteiger partial charge is 0.410 e. The lowest BCUT2D eigenvalue weighted by atomic mass is 9.79. The van der Waals surface area contributed by atoms with E-state index in [1.807, 2.05) is 26.8 Å². The highest BCUT2D eigenvalue weighted by atomic mass is 19.1. The molecular formula is C19H23FN2O3. The lowest BCUT2D eigenvalue weighted by Gasteiger charge is -2.44. The van der Waals surface area contributed by atoms with Gasteiger partial charge < -0.3 is 14.7 Å². The molecule has 2 heterocycles. The van der Waals surface area contributed by atoms with E-state index >= 15 is 0 Å². The first-order chi connectivity index (χ1) is 11.6. The largest absolute Gasteiger partial charge is 0.444 e. The second-order valence-electron chi connectivity index (χ2n) is 8.01. The van der Waals surface area contributed by atoms with Crippen molar-refractivity contribution in [3.63, 3.8) is 0 Å². The van der Waals surface area contributed by atoms with E-state index in [1.54, 1.807) is 4.90 Å². The van der Waals surface area contributed by atoms with Crippen LogP contribution in [0.4, 0.5) is 9.18 Å². The van der Waals surface area contributed by atoms with Gasteiger partial charge in [-0.25, -0.2) is 9.18 Å². The first kappa shape index (κ1) is 17.7. The molecule has 2 unspecified atom stereocenters. The van der Waals surface area contributed by atoms with Crippen LogP contribution in [0.1, 0.15) is 57.6 Å². The second-order valence-corrected chi connectivity index (χ2v) is 8.01. The van der Waals surface area contributed by atoms with Gasteiger partial charge in [0.25, 0.3) is 0 Å². The molecule has 2 aliphatic heterocycles. The standard InChI is InChI=1S/C19H23FN2O3/c1-18(2,3)25-17(23)22-14-5-6-15(22)10-19(24,9-14)16-7-4-13(20)8-12(16)11-21/h4,7-8,14-15,24H,5-6,9-10H2,1-3H3. The zero-order valence-electron chi connectivity index (χ0n) is 14.8. The van der Waals surface area contributed by atoms with Crippen molar-refractivity contribution in [3.8, 4) is 6.07 Å². The molecule has 134 valence electrons. The summed E-state index contributed by atoms with van der Waals surface area (Å²) in [7, 11) is 0. The molecule has 1 aromatic rings. The number of halogens is 1. The Kier molecular flexibility index (Phi) is 4.24. The molecule has 1 amide bonds. The van der Waals surface area contributed by atoms with E-state index in [0.717, 1.165) is 18.9 Å². The van der Waals surface area contributed by atoms with Gasteiger partial charge >= 0.3 is 6.09 Å². The van der Waals surface area contributed by atoms with Crippen molar-refractivity contribution in [1.29, 1.82) is 5.26 Å². The minimum absolute atomic E-state index is 0.143. The molecule has 1 aromatic carbocycles. The van der Waals surface area contributed by atoms with Gasteiger partial charge in [-0.15, -0.1) is 0 Å². The van der Waals surface area contributed by atoms with Crippen LogP contribution in [0.5, 0.6) is 0 Å². The Bertz CT molecular complexity index is 721. The summed E-state index contributed by atoms with van der Waals surface area (Å²) in [6, 6.07) is 5.57. The van der Waals surface area contributed by atoms with Gasteiger partial charge in [-0.2, -0.15) is 5.26 Å². The number of fused-ring (bicyclic) bond motifs is 2. The number of carbonyl (C=O) groups is 1. The first-order valence-electron chi connectivity index (χ1n) is 8.57. The van der Waals surface area contributed by atoms with Crippen LogP contribution >= 0.6 is 0 Å². The number of rotatable bonds is 1. The third kappa shape index (κ3) is 3.34. The summed E-state index contributed by atoms with van der Waals surface area (Å²) in [6.45, 7) is 5.47. The van der Waals surface area contributed by atoms with Gasteiger partial charge in [-0.05, 0) is 45.7 Å². The monoisotopic (exact) mass is 346 g/mol. The van der Waals surface area contributed by atoms with Crippen LogP contribution in [0.2, 0.25) is 0 Å². The van der Waals surface area contributed by atoms with Gasteiger partial charge in [-0.1, -0.05) is 6.07 Å². The Morgan fingerprint density at radius 1 is 1.36 bits per heavy atom. The number of hydrogen-bond donors (Lipinski definition) is 1. The van der Waals surface area contributed by atoms with Crippen molar-refractivity contribution < 1.29 is 19.0 Å². The van der Waals surface area contributed by atoms with Crippen molar-refractivity contribution in [2.75, 3.05) is 0 Å². The molecular weight excluding hydrogens is 323 g/mol. The van der Waals surface area contributed by atoms with Gasteiger partial charge in [0.15, 0.2) is 0 Å². The highest BCUT2D eigenvalue weighted by molar-refractivity contribution is 5.70. The highest BCUT2D eigenvalue weighted by Crippen LogP contribution is 2.47. The number of piperidine rings is 1. The van der Waals surface area contributed by atoms with Crippen molar-refractivity contribution in [1.82, 2.24) is 4.90 Å². The number of aliphatic hydroxyl groups is 1. The van der Waals surface area contributed by atoms with E-state index in [-0.39, 0.29) is 23.7 Å². The molecule has 3 rings (SSSR count). The van der Waals surface area contributed by atoms with Crippen molar-refractivity contribution in [2.24, 2.45) is 0 Å². The third-order valence-corrected chi connectivity index (χ3v) is 4.97. The number of carbonyl (C=O) groups excluding carboxylic acids is 1. The normalized spacial score (nSPS) is 28.6. The average Bonchev–Trinajstić information content (AvgIpc) is 2.78. The van der Waals surface area contributed by atoms with Crippen LogP contribution in [0.3, 0.4) is 0 Å². The highest BCUT2D eigenvalue weighted by Gasteiger charge is 2.51. The Morgan fingerprint density at radius 2 is 1.96 bits per heavy atom. The van der Waals surface area contributed by atoms with E-state index in [0.29, 0.717) is 18.4 Å². The van der Waals surface area contributed by atoms with Crippen LogP contribution in [0.25, 0.3) is 0 Å². The molecule has 2 aliphatic rings. The third-order valence-electron chi connectivity index (χ3n) is 4.97. The Morgan fingerprint density at radius 3 is 2.48 bits per heavy atom. The predicted molar refractivity (Wildman–Crippen MR) is 89.1 cm³/mol. The molecule has 25 heavy (non-hydrogen) atoms. The maximum absolute atomic E-state index is 13.4. The van der Waals surface area contributed by atoms with E-state index in [1.165, 1.54) is 12.1 Å². The minimum atomic E-state index is -1.23. The predicted octanol–water partition coefficient (Wildman–Crippen LogP) is 3.45. The number of amides is 1. The van der Waals surface area contributed by atoms with Gasteiger partial charge in [0, 0.05) is 30.5 Å². The van der Waals surface area contributed by atoms with Crippen LogP contribution in [0.15, 0.2) is 18.2 Å². The second kappa shape index (κ2) is 5.99. The van der Waals surface area contributed by atoms with Crippen LogP contribution < -0.4 is 0 Å². The molecule has 2 bridgehead atoms. The van der Waals surface area contributed by atoms with E-state index in [4.69, 9.17) is 4.74 Å². The molecule has 2 atom stereocenters. The zero-order valence-corrected chi connectivity index (χ0v) is 14.8. The van der Waals surface area contributed by atoms with Crippen LogP contribution in [-0.4, -0.2) is 33.8 Å². The van der Waals surface area contributed by atoms with E-state index in [2.05, 4.69) is 0 Å². The summed E-state index contributed by atoms with van der Waals surface area (Å²) in [5, 5.41) is 20.5. The number of nitriles is 1. The summed E-state index contributed by atoms with van der Waals surface area (Å²) < 4.78 is 18.9. The molecule has 1 N–H and O–H groups in total. The maximum Gasteiger partial charge on any atom is 0.410 e. The van der Waals surface area contributed by atoms with E-state index in [9.17, 15) is 19.6 Å². The Hall–Kier alpha value is -2.13. The quantitative estimate of drug-likeness (QED) is 0.845.